The summed E-state index contributed by atoms with van der Waals surface area (Å²) in [5.74, 6) is 1.07. The molecule has 4 aromatic rings. The van der Waals surface area contributed by atoms with Gasteiger partial charge < -0.3 is 14.8 Å². The minimum atomic E-state index is -0.412. The summed E-state index contributed by atoms with van der Waals surface area (Å²) in [5.41, 5.74) is 3.39. The molecule has 0 spiro atoms. The first-order chi connectivity index (χ1) is 13.7. The van der Waals surface area contributed by atoms with Gasteiger partial charge in [0.25, 0.3) is 0 Å². The van der Waals surface area contributed by atoms with Gasteiger partial charge in [0.15, 0.2) is 5.65 Å². The zero-order valence-corrected chi connectivity index (χ0v) is 15.4. The molecule has 0 aliphatic heterocycles. The molecule has 0 aliphatic carbocycles. The van der Waals surface area contributed by atoms with Crippen molar-refractivity contribution < 1.29 is 14.3 Å². The second kappa shape index (κ2) is 7.40. The van der Waals surface area contributed by atoms with E-state index in [0.717, 1.165) is 22.8 Å². The molecule has 0 amide bonds. The third kappa shape index (κ3) is 3.14. The number of benzene rings is 2. The Labute approximate surface area is 161 Å². The molecule has 0 atom stereocenters. The van der Waals surface area contributed by atoms with Crippen LogP contribution in [0.25, 0.3) is 16.9 Å². The number of carbonyl (C=O) groups is 1. The van der Waals surface area contributed by atoms with E-state index in [4.69, 9.17) is 14.5 Å². The van der Waals surface area contributed by atoms with E-state index in [1.807, 2.05) is 47.0 Å². The highest BCUT2D eigenvalue weighted by Crippen LogP contribution is 2.32. The summed E-state index contributed by atoms with van der Waals surface area (Å²) in [6.45, 7) is 0. The molecular weight excluding hydrogens is 356 g/mol. The smallest absolute Gasteiger partial charge is 0.339 e. The van der Waals surface area contributed by atoms with Crippen LogP contribution in [0, 0.1) is 0 Å². The number of anilines is 2. The SMILES string of the molecule is COC(=O)c1ccccc1Nc1c(-c2ccc(OC)cc2)nc2cnccn12. The van der Waals surface area contributed by atoms with Gasteiger partial charge in [-0.3, -0.25) is 9.38 Å². The Hall–Kier alpha value is -3.87. The summed E-state index contributed by atoms with van der Waals surface area (Å²) in [6.07, 6.45) is 5.19. The molecule has 7 nitrogen and oxygen atoms in total. The molecule has 0 saturated carbocycles. The predicted octanol–water partition coefficient (Wildman–Crippen LogP) is 3.94. The van der Waals surface area contributed by atoms with Gasteiger partial charge in [-0.15, -0.1) is 0 Å². The predicted molar refractivity (Wildman–Crippen MR) is 106 cm³/mol. The Kier molecular flexibility index (Phi) is 4.63. The lowest BCUT2D eigenvalue weighted by Gasteiger charge is -2.12. The number of hydrogen-bond donors (Lipinski definition) is 1. The third-order valence-corrected chi connectivity index (χ3v) is 4.38. The number of nitrogens with zero attached hydrogens (tertiary/aromatic N) is 3. The molecule has 140 valence electrons. The first-order valence-electron chi connectivity index (χ1n) is 8.62. The van der Waals surface area contributed by atoms with E-state index < -0.39 is 5.97 Å². The van der Waals surface area contributed by atoms with E-state index in [2.05, 4.69) is 10.3 Å². The molecule has 2 heterocycles. The number of imidazole rings is 1. The minimum Gasteiger partial charge on any atom is -0.497 e. The highest BCUT2D eigenvalue weighted by atomic mass is 16.5. The van der Waals surface area contributed by atoms with Crippen LogP contribution in [0.15, 0.2) is 67.1 Å². The summed E-state index contributed by atoms with van der Waals surface area (Å²) in [6, 6.07) is 14.8. The molecule has 2 aromatic heterocycles. The topological polar surface area (TPSA) is 77.8 Å². The number of rotatable bonds is 5. The number of para-hydroxylation sites is 1. The van der Waals surface area contributed by atoms with Crippen molar-refractivity contribution >= 4 is 23.1 Å². The van der Waals surface area contributed by atoms with Gasteiger partial charge in [-0.05, 0) is 36.4 Å². The maximum atomic E-state index is 12.1. The zero-order valence-electron chi connectivity index (χ0n) is 15.4. The van der Waals surface area contributed by atoms with Crippen molar-refractivity contribution in [2.45, 2.75) is 0 Å². The fourth-order valence-electron chi connectivity index (χ4n) is 2.98. The van der Waals surface area contributed by atoms with E-state index in [1.54, 1.807) is 31.6 Å². The number of hydrogen-bond acceptors (Lipinski definition) is 6. The molecular formula is C21H18N4O3. The number of fused-ring (bicyclic) bond motifs is 1. The zero-order chi connectivity index (χ0) is 19.5. The second-order valence-corrected chi connectivity index (χ2v) is 6.00. The van der Waals surface area contributed by atoms with Crippen molar-refractivity contribution in [2.75, 3.05) is 19.5 Å². The summed E-state index contributed by atoms with van der Waals surface area (Å²) < 4.78 is 12.0. The molecule has 0 radical (unpaired) electrons. The van der Waals surface area contributed by atoms with Gasteiger partial charge >= 0.3 is 5.97 Å². The van der Waals surface area contributed by atoms with Crippen LogP contribution in [0.2, 0.25) is 0 Å². The summed E-state index contributed by atoms with van der Waals surface area (Å²) in [5, 5.41) is 3.35. The first-order valence-corrected chi connectivity index (χ1v) is 8.62. The van der Waals surface area contributed by atoms with Crippen LogP contribution in [0.3, 0.4) is 0 Å². The Morgan fingerprint density at radius 3 is 2.61 bits per heavy atom. The normalized spacial score (nSPS) is 10.6. The maximum absolute atomic E-state index is 12.1. The number of esters is 1. The lowest BCUT2D eigenvalue weighted by Crippen LogP contribution is -2.06. The number of carbonyl (C=O) groups excluding carboxylic acids is 1. The van der Waals surface area contributed by atoms with E-state index in [1.165, 1.54) is 7.11 Å². The van der Waals surface area contributed by atoms with Crippen molar-refractivity contribution in [3.63, 3.8) is 0 Å². The van der Waals surface area contributed by atoms with Crippen molar-refractivity contribution in [1.82, 2.24) is 14.4 Å². The molecule has 0 fully saturated rings. The molecule has 0 unspecified atom stereocenters. The van der Waals surface area contributed by atoms with Crippen LogP contribution in [0.1, 0.15) is 10.4 Å². The number of ether oxygens (including phenoxy) is 2. The average Bonchev–Trinajstić information content (AvgIpc) is 3.12. The lowest BCUT2D eigenvalue weighted by molar-refractivity contribution is 0.0602. The van der Waals surface area contributed by atoms with Crippen LogP contribution in [-0.4, -0.2) is 34.6 Å². The summed E-state index contributed by atoms with van der Waals surface area (Å²) in [4.78, 5) is 21.0. The monoisotopic (exact) mass is 374 g/mol. The number of aromatic nitrogens is 3. The molecule has 4 rings (SSSR count). The van der Waals surface area contributed by atoms with E-state index >= 15 is 0 Å². The van der Waals surface area contributed by atoms with Crippen molar-refractivity contribution in [2.24, 2.45) is 0 Å². The van der Waals surface area contributed by atoms with Crippen LogP contribution in [0.5, 0.6) is 5.75 Å². The molecule has 2 aromatic carbocycles. The molecule has 28 heavy (non-hydrogen) atoms. The average molecular weight is 374 g/mol. The Morgan fingerprint density at radius 1 is 1.07 bits per heavy atom. The van der Waals surface area contributed by atoms with Gasteiger partial charge in [-0.25, -0.2) is 9.78 Å². The van der Waals surface area contributed by atoms with Gasteiger partial charge in [0.2, 0.25) is 0 Å². The van der Waals surface area contributed by atoms with Crippen LogP contribution in [0.4, 0.5) is 11.5 Å². The van der Waals surface area contributed by atoms with Crippen molar-refractivity contribution in [3.05, 3.63) is 72.7 Å². The Balaban J connectivity index is 1.85. The quantitative estimate of drug-likeness (QED) is 0.533. The van der Waals surface area contributed by atoms with Gasteiger partial charge in [0.05, 0.1) is 31.7 Å². The van der Waals surface area contributed by atoms with E-state index in [0.29, 0.717) is 16.9 Å². The van der Waals surface area contributed by atoms with Gasteiger partial charge in [-0.2, -0.15) is 0 Å². The number of methoxy groups -OCH3 is 2. The van der Waals surface area contributed by atoms with Gasteiger partial charge in [0.1, 0.15) is 17.3 Å². The summed E-state index contributed by atoms with van der Waals surface area (Å²) >= 11 is 0. The third-order valence-electron chi connectivity index (χ3n) is 4.38. The van der Waals surface area contributed by atoms with Crippen LogP contribution >= 0.6 is 0 Å². The highest BCUT2D eigenvalue weighted by Gasteiger charge is 2.18. The molecule has 0 bridgehead atoms. The van der Waals surface area contributed by atoms with Crippen molar-refractivity contribution in [1.29, 1.82) is 0 Å². The highest BCUT2D eigenvalue weighted by molar-refractivity contribution is 5.97. The minimum absolute atomic E-state index is 0.412. The van der Waals surface area contributed by atoms with E-state index in [9.17, 15) is 4.79 Å². The second-order valence-electron chi connectivity index (χ2n) is 6.00. The first kappa shape index (κ1) is 17.5. The summed E-state index contributed by atoms with van der Waals surface area (Å²) in [7, 11) is 2.99. The standard InChI is InChI=1S/C21H18N4O3/c1-27-15-9-7-14(8-10-15)19-20(25-12-11-22-13-18(25)24-19)23-17-6-4-3-5-16(17)21(26)28-2/h3-13,23H,1-2H3. The Bertz CT molecular complexity index is 1140. The van der Waals surface area contributed by atoms with Gasteiger partial charge in [0, 0.05) is 18.0 Å². The Morgan fingerprint density at radius 2 is 1.86 bits per heavy atom. The van der Waals surface area contributed by atoms with E-state index in [-0.39, 0.29) is 0 Å². The van der Waals surface area contributed by atoms with Crippen LogP contribution < -0.4 is 10.1 Å². The largest absolute Gasteiger partial charge is 0.497 e. The molecule has 0 aliphatic rings. The van der Waals surface area contributed by atoms with Crippen molar-refractivity contribution in [3.8, 4) is 17.0 Å². The fourth-order valence-corrected chi connectivity index (χ4v) is 2.98. The molecule has 0 saturated heterocycles. The fraction of sp³-hybridized carbons (Fsp3) is 0.0952. The maximum Gasteiger partial charge on any atom is 0.339 e. The van der Waals surface area contributed by atoms with Gasteiger partial charge in [-0.1, -0.05) is 12.1 Å². The lowest BCUT2D eigenvalue weighted by atomic mass is 10.1. The number of nitrogens with one attached hydrogen (secondary N) is 1. The van der Waals surface area contributed by atoms with Crippen LogP contribution in [-0.2, 0) is 4.74 Å². The molecule has 7 heteroatoms. The molecule has 1 N–H and O–H groups in total.